The van der Waals surface area contributed by atoms with Gasteiger partial charge in [0.2, 0.25) is 0 Å². The van der Waals surface area contributed by atoms with E-state index in [2.05, 4.69) is 39.7 Å². The molecule has 1 fully saturated rings. The van der Waals surface area contributed by atoms with Crippen molar-refractivity contribution in [3.63, 3.8) is 0 Å². The maximum absolute atomic E-state index is 12.5. The van der Waals surface area contributed by atoms with Gasteiger partial charge in [-0.3, -0.25) is 9.78 Å². The Kier molecular flexibility index (Phi) is 6.73. The van der Waals surface area contributed by atoms with Gasteiger partial charge in [0.05, 0.1) is 28.9 Å². The Morgan fingerprint density at radius 3 is 2.57 bits per heavy atom. The zero-order valence-corrected chi connectivity index (χ0v) is 18.0. The fraction of sp³-hybridized carbons (Fsp3) is 0.455. The predicted molar refractivity (Wildman–Crippen MR) is 113 cm³/mol. The summed E-state index contributed by atoms with van der Waals surface area (Å²) < 4.78 is 6.31. The Bertz CT molecular complexity index is 814. The molecule has 28 heavy (non-hydrogen) atoms. The van der Waals surface area contributed by atoms with E-state index in [9.17, 15) is 9.90 Å². The van der Waals surface area contributed by atoms with Gasteiger partial charge in [-0.1, -0.05) is 44.2 Å². The highest BCUT2D eigenvalue weighted by Gasteiger charge is 2.29. The van der Waals surface area contributed by atoms with Gasteiger partial charge >= 0.3 is 5.97 Å². The van der Waals surface area contributed by atoms with Crippen LogP contribution in [0.15, 0.2) is 41.0 Å². The van der Waals surface area contributed by atoms with E-state index in [0.717, 1.165) is 47.2 Å². The molecule has 2 aromatic rings. The minimum absolute atomic E-state index is 0.0877. The summed E-state index contributed by atoms with van der Waals surface area (Å²) in [5, 5.41) is 9.79. The number of piperidine rings is 1. The van der Waals surface area contributed by atoms with Crippen molar-refractivity contribution in [1.82, 2.24) is 4.98 Å². The molecule has 0 aliphatic carbocycles. The topological polar surface area (TPSA) is 62.7 Å². The zero-order valence-electron chi connectivity index (χ0n) is 16.4. The second-order valence-corrected chi connectivity index (χ2v) is 8.87. The smallest absolute Gasteiger partial charge is 0.310 e. The average molecular weight is 447 g/mol. The van der Waals surface area contributed by atoms with Crippen LogP contribution in [0.4, 0.5) is 5.69 Å². The Balaban J connectivity index is 1.79. The van der Waals surface area contributed by atoms with Crippen molar-refractivity contribution in [3.8, 4) is 0 Å². The number of rotatable bonds is 6. The van der Waals surface area contributed by atoms with Crippen LogP contribution in [-0.2, 0) is 29.2 Å². The second kappa shape index (κ2) is 9.05. The minimum atomic E-state index is -0.322. The van der Waals surface area contributed by atoms with Crippen LogP contribution in [0.2, 0.25) is 0 Å². The van der Waals surface area contributed by atoms with E-state index in [1.165, 1.54) is 0 Å². The number of pyridine rings is 1. The third-order valence-corrected chi connectivity index (χ3v) is 5.92. The molecule has 0 atom stereocenters. The number of esters is 1. The van der Waals surface area contributed by atoms with Crippen LogP contribution in [0.25, 0.3) is 0 Å². The fourth-order valence-electron chi connectivity index (χ4n) is 3.49. The first-order chi connectivity index (χ1) is 13.4. The van der Waals surface area contributed by atoms with Gasteiger partial charge in [0, 0.05) is 24.8 Å². The van der Waals surface area contributed by atoms with Crippen LogP contribution >= 0.6 is 15.9 Å². The molecule has 0 spiro atoms. The van der Waals surface area contributed by atoms with Gasteiger partial charge in [-0.25, -0.2) is 0 Å². The number of aliphatic hydroxyl groups is 1. The monoisotopic (exact) mass is 446 g/mol. The van der Waals surface area contributed by atoms with Crippen molar-refractivity contribution >= 4 is 27.6 Å². The van der Waals surface area contributed by atoms with E-state index in [4.69, 9.17) is 4.74 Å². The number of aromatic nitrogens is 1. The third kappa shape index (κ3) is 5.11. The summed E-state index contributed by atoms with van der Waals surface area (Å²) in [6.07, 6.45) is 3.95. The lowest BCUT2D eigenvalue weighted by Crippen LogP contribution is -2.38. The van der Waals surface area contributed by atoms with E-state index < -0.39 is 0 Å². The van der Waals surface area contributed by atoms with Gasteiger partial charge in [-0.2, -0.15) is 0 Å². The Morgan fingerprint density at radius 1 is 1.25 bits per heavy atom. The lowest BCUT2D eigenvalue weighted by Gasteiger charge is -2.39. The summed E-state index contributed by atoms with van der Waals surface area (Å²) >= 11 is 3.60. The molecular weight excluding hydrogens is 420 g/mol. The molecule has 0 bridgehead atoms. The zero-order chi connectivity index (χ0) is 20.1. The Labute approximate surface area is 174 Å². The Morgan fingerprint density at radius 2 is 1.93 bits per heavy atom. The van der Waals surface area contributed by atoms with Gasteiger partial charge in [-0.15, -0.1) is 0 Å². The molecule has 6 heteroatoms. The average Bonchev–Trinajstić information content (AvgIpc) is 2.68. The summed E-state index contributed by atoms with van der Waals surface area (Å²) in [4.78, 5) is 19.1. The van der Waals surface area contributed by atoms with Crippen LogP contribution in [0.3, 0.4) is 0 Å². The number of aliphatic hydroxyl groups excluding tert-OH is 1. The molecule has 0 amide bonds. The normalized spacial score (nSPS) is 16.1. The maximum Gasteiger partial charge on any atom is 0.310 e. The summed E-state index contributed by atoms with van der Waals surface area (Å²) in [7, 11) is 0. The van der Waals surface area contributed by atoms with Crippen molar-refractivity contribution in [1.29, 1.82) is 0 Å². The minimum Gasteiger partial charge on any atom is -0.461 e. The number of nitrogens with zero attached hydrogens (tertiary/aromatic N) is 2. The van der Waals surface area contributed by atoms with Gasteiger partial charge in [0.1, 0.15) is 6.61 Å². The molecule has 1 aromatic heterocycles. The summed E-state index contributed by atoms with van der Waals surface area (Å²) in [6, 6.07) is 9.61. The van der Waals surface area contributed by atoms with Crippen LogP contribution in [0.1, 0.15) is 43.5 Å². The lowest BCUT2D eigenvalue weighted by atomic mass is 9.82. The van der Waals surface area contributed by atoms with Crippen LogP contribution < -0.4 is 4.90 Å². The summed E-state index contributed by atoms with van der Waals surface area (Å²) in [5.74, 6) is -0.322. The highest BCUT2D eigenvalue weighted by molar-refractivity contribution is 9.10. The molecular formula is C22H27BrN2O3. The summed E-state index contributed by atoms with van der Waals surface area (Å²) in [6.45, 7) is 6.42. The van der Waals surface area contributed by atoms with E-state index in [-0.39, 0.29) is 25.6 Å². The lowest BCUT2D eigenvalue weighted by molar-refractivity contribution is -0.144. The quantitative estimate of drug-likeness (QED) is 0.671. The molecule has 150 valence electrons. The van der Waals surface area contributed by atoms with E-state index in [1.54, 1.807) is 6.20 Å². The van der Waals surface area contributed by atoms with Crippen LogP contribution in [0, 0.1) is 5.41 Å². The number of benzene rings is 1. The Hall–Kier alpha value is -1.92. The number of hydrogen-bond acceptors (Lipinski definition) is 5. The van der Waals surface area contributed by atoms with Gasteiger partial charge in [0.15, 0.2) is 0 Å². The largest absolute Gasteiger partial charge is 0.461 e. The molecule has 3 rings (SSSR count). The molecule has 1 N–H and O–H groups in total. The molecule has 5 nitrogen and oxygen atoms in total. The predicted octanol–water partition coefficient (Wildman–Crippen LogP) is 4.25. The molecule has 1 aliphatic heterocycles. The van der Waals surface area contributed by atoms with Gasteiger partial charge < -0.3 is 14.7 Å². The van der Waals surface area contributed by atoms with Crippen molar-refractivity contribution in [2.75, 3.05) is 18.0 Å². The highest BCUT2D eigenvalue weighted by atomic mass is 79.9. The second-order valence-electron chi connectivity index (χ2n) is 8.01. The molecule has 2 heterocycles. The van der Waals surface area contributed by atoms with Gasteiger partial charge in [-0.05, 0) is 39.8 Å². The van der Waals surface area contributed by atoms with Crippen molar-refractivity contribution in [3.05, 3.63) is 57.8 Å². The number of carbonyl (C=O) groups is 1. The van der Waals surface area contributed by atoms with E-state index in [0.29, 0.717) is 11.1 Å². The van der Waals surface area contributed by atoms with Crippen molar-refractivity contribution in [2.45, 2.75) is 46.3 Å². The maximum atomic E-state index is 12.5. The number of anilines is 1. The molecule has 1 aliphatic rings. The molecule has 0 radical (unpaired) electrons. The first-order valence-electron chi connectivity index (χ1n) is 9.61. The number of ether oxygens (including phenoxy) is 1. The van der Waals surface area contributed by atoms with E-state index >= 15 is 0 Å². The van der Waals surface area contributed by atoms with Crippen LogP contribution in [0.5, 0.6) is 0 Å². The first-order valence-corrected chi connectivity index (χ1v) is 10.4. The van der Waals surface area contributed by atoms with Crippen molar-refractivity contribution in [2.24, 2.45) is 5.41 Å². The molecule has 1 aromatic carbocycles. The SMILES string of the molecule is CC1(C)CCN(c2c(Br)cnc(CO)c2CC(=O)OCc2ccccc2)CC1. The molecule has 0 unspecified atom stereocenters. The number of halogens is 1. The fourth-order valence-corrected chi connectivity index (χ4v) is 4.08. The molecule has 1 saturated heterocycles. The van der Waals surface area contributed by atoms with E-state index in [1.807, 2.05) is 30.3 Å². The number of carbonyl (C=O) groups excluding carboxylic acids is 1. The van der Waals surface area contributed by atoms with Crippen LogP contribution in [-0.4, -0.2) is 29.1 Å². The molecule has 0 saturated carbocycles. The van der Waals surface area contributed by atoms with Crippen molar-refractivity contribution < 1.29 is 14.6 Å². The summed E-state index contributed by atoms with van der Waals surface area (Å²) in [5.41, 5.74) is 3.49. The van der Waals surface area contributed by atoms with Gasteiger partial charge in [0.25, 0.3) is 0 Å². The standard InChI is InChI=1S/C22H27BrN2O3/c1-22(2)8-10-25(11-9-22)21-17(19(14-26)24-13-18(21)23)12-20(27)28-15-16-6-4-3-5-7-16/h3-7,13,26H,8-12,14-15H2,1-2H3. The first kappa shape index (κ1) is 20.8. The third-order valence-electron chi connectivity index (χ3n) is 5.34. The highest BCUT2D eigenvalue weighted by Crippen LogP contribution is 2.38. The number of hydrogen-bond donors (Lipinski definition) is 1.